The van der Waals surface area contributed by atoms with Gasteiger partial charge in [0, 0.05) is 22.7 Å². The average molecular weight is 338 g/mol. The third-order valence-electron chi connectivity index (χ3n) is 4.76. The lowest BCUT2D eigenvalue weighted by molar-refractivity contribution is 0.0696. The van der Waals surface area contributed by atoms with Crippen LogP contribution in [0, 0.1) is 5.92 Å². The second-order valence-electron chi connectivity index (χ2n) is 5.92. The number of carbonyl (C=O) groups is 1. The number of hydrogen-bond donors (Lipinski definition) is 1. The van der Waals surface area contributed by atoms with E-state index >= 15 is 0 Å². The molecule has 2 fully saturated rings. The number of nitrogens with zero attached hydrogens (tertiary/aromatic N) is 1. The van der Waals surface area contributed by atoms with Crippen molar-refractivity contribution >= 4 is 27.6 Å². The monoisotopic (exact) mass is 337 g/mol. The molecule has 20 heavy (non-hydrogen) atoms. The summed E-state index contributed by atoms with van der Waals surface area (Å²) in [5.41, 5.74) is 1.50. The second-order valence-corrected chi connectivity index (χ2v) is 6.77. The Balaban J connectivity index is 1.84. The van der Waals surface area contributed by atoms with Crippen LogP contribution in [-0.2, 0) is 0 Å². The Hall–Kier alpha value is -1.03. The first kappa shape index (κ1) is 13.9. The van der Waals surface area contributed by atoms with Crippen LogP contribution in [0.15, 0.2) is 22.7 Å². The quantitative estimate of drug-likeness (QED) is 0.893. The average Bonchev–Trinajstić information content (AvgIpc) is 3.09. The van der Waals surface area contributed by atoms with Crippen LogP contribution in [0.2, 0.25) is 0 Å². The lowest BCUT2D eigenvalue weighted by atomic mass is 9.95. The zero-order valence-electron chi connectivity index (χ0n) is 11.5. The van der Waals surface area contributed by atoms with E-state index in [1.165, 1.54) is 38.5 Å². The highest BCUT2D eigenvalue weighted by molar-refractivity contribution is 9.10. The first-order chi connectivity index (χ1) is 9.66. The number of carboxylic acid groups (broad SMARTS) is 1. The van der Waals surface area contributed by atoms with Crippen molar-refractivity contribution in [1.82, 2.24) is 0 Å². The molecule has 108 valence electrons. The van der Waals surface area contributed by atoms with Gasteiger partial charge < -0.3 is 10.0 Å². The largest absolute Gasteiger partial charge is 0.478 e. The number of halogens is 1. The van der Waals surface area contributed by atoms with E-state index in [-0.39, 0.29) is 0 Å². The molecule has 0 spiro atoms. The van der Waals surface area contributed by atoms with E-state index in [0.717, 1.165) is 18.2 Å². The highest BCUT2D eigenvalue weighted by atomic mass is 79.9. The normalized spacial score (nSPS) is 23.4. The maximum absolute atomic E-state index is 11.1. The van der Waals surface area contributed by atoms with Crippen molar-refractivity contribution < 1.29 is 9.90 Å². The molecule has 1 aromatic rings. The molecule has 2 aliphatic rings. The van der Waals surface area contributed by atoms with Crippen molar-refractivity contribution in [3.05, 3.63) is 28.2 Å². The molecule has 0 amide bonds. The van der Waals surface area contributed by atoms with Gasteiger partial charge in [0.1, 0.15) is 0 Å². The van der Waals surface area contributed by atoms with Gasteiger partial charge in [-0.15, -0.1) is 0 Å². The van der Waals surface area contributed by atoms with Gasteiger partial charge >= 0.3 is 5.97 Å². The maximum Gasteiger partial charge on any atom is 0.336 e. The van der Waals surface area contributed by atoms with Crippen LogP contribution in [-0.4, -0.2) is 23.7 Å². The lowest BCUT2D eigenvalue weighted by Gasteiger charge is -2.31. The van der Waals surface area contributed by atoms with Crippen LogP contribution in [0.5, 0.6) is 0 Å². The minimum atomic E-state index is -0.878. The van der Waals surface area contributed by atoms with Gasteiger partial charge in [-0.3, -0.25) is 0 Å². The molecule has 1 heterocycles. The molecule has 1 aromatic carbocycles. The summed E-state index contributed by atoms with van der Waals surface area (Å²) in [7, 11) is 0. The van der Waals surface area contributed by atoms with Crippen LogP contribution in [0.25, 0.3) is 0 Å². The summed E-state index contributed by atoms with van der Waals surface area (Å²) in [5, 5.41) is 9.10. The van der Waals surface area contributed by atoms with Crippen molar-refractivity contribution in [3.63, 3.8) is 0 Å². The third-order valence-corrected chi connectivity index (χ3v) is 5.41. The molecule has 1 N–H and O–H groups in total. The van der Waals surface area contributed by atoms with Crippen LogP contribution in [0.1, 0.15) is 48.9 Å². The Kier molecular flexibility index (Phi) is 4.01. The van der Waals surface area contributed by atoms with Crippen LogP contribution in [0.3, 0.4) is 0 Å². The van der Waals surface area contributed by atoms with Gasteiger partial charge in [0.25, 0.3) is 0 Å². The first-order valence-corrected chi connectivity index (χ1v) is 8.25. The molecule has 0 bridgehead atoms. The molecule has 1 aliphatic carbocycles. The van der Waals surface area contributed by atoms with Gasteiger partial charge in [-0.25, -0.2) is 4.79 Å². The van der Waals surface area contributed by atoms with E-state index in [0.29, 0.717) is 16.1 Å². The molecule has 1 saturated carbocycles. The summed E-state index contributed by atoms with van der Waals surface area (Å²) in [4.78, 5) is 13.6. The number of benzene rings is 1. The number of anilines is 1. The highest BCUT2D eigenvalue weighted by Crippen LogP contribution is 2.38. The summed E-state index contributed by atoms with van der Waals surface area (Å²) < 4.78 is 0.680. The van der Waals surface area contributed by atoms with E-state index in [1.54, 1.807) is 6.07 Å². The fraction of sp³-hybridized carbons (Fsp3) is 0.562. The zero-order valence-corrected chi connectivity index (χ0v) is 13.1. The first-order valence-electron chi connectivity index (χ1n) is 7.46. The molecule has 0 radical (unpaired) electrons. The molecule has 3 nitrogen and oxygen atoms in total. The van der Waals surface area contributed by atoms with Crippen molar-refractivity contribution in [2.24, 2.45) is 5.92 Å². The van der Waals surface area contributed by atoms with Gasteiger partial charge in [-0.05, 0) is 65.7 Å². The number of hydrogen-bond acceptors (Lipinski definition) is 2. The molecule has 1 unspecified atom stereocenters. The van der Waals surface area contributed by atoms with Gasteiger partial charge in [0.05, 0.1) is 5.56 Å². The Labute approximate surface area is 128 Å². The van der Waals surface area contributed by atoms with Gasteiger partial charge in [0.2, 0.25) is 0 Å². The van der Waals surface area contributed by atoms with E-state index in [4.69, 9.17) is 5.11 Å². The summed E-state index contributed by atoms with van der Waals surface area (Å²) in [6.45, 7) is 1.10. The molecular formula is C16H20BrNO2. The Morgan fingerprint density at radius 3 is 2.60 bits per heavy atom. The van der Waals surface area contributed by atoms with E-state index < -0.39 is 5.97 Å². The topological polar surface area (TPSA) is 40.5 Å². The Morgan fingerprint density at radius 1 is 1.20 bits per heavy atom. The van der Waals surface area contributed by atoms with E-state index in [1.807, 2.05) is 12.1 Å². The molecule has 3 rings (SSSR count). The number of aromatic carboxylic acids is 1. The van der Waals surface area contributed by atoms with Crippen molar-refractivity contribution in [3.8, 4) is 0 Å². The number of rotatable bonds is 3. The molecule has 1 aliphatic heterocycles. The van der Waals surface area contributed by atoms with Crippen LogP contribution >= 0.6 is 15.9 Å². The third kappa shape index (κ3) is 2.58. The van der Waals surface area contributed by atoms with Crippen molar-refractivity contribution in [1.29, 1.82) is 0 Å². The second kappa shape index (κ2) is 5.76. The van der Waals surface area contributed by atoms with Gasteiger partial charge in [-0.1, -0.05) is 12.8 Å². The number of carboxylic acids is 1. The van der Waals surface area contributed by atoms with E-state index in [9.17, 15) is 4.79 Å². The van der Waals surface area contributed by atoms with Gasteiger partial charge in [-0.2, -0.15) is 0 Å². The molecule has 4 heteroatoms. The Morgan fingerprint density at radius 2 is 1.95 bits per heavy atom. The standard InChI is InChI=1S/C16H20BrNO2/c17-14-10-12(7-8-13(14)16(19)20)18-9-3-6-15(18)11-4-1-2-5-11/h7-8,10-11,15H,1-6,9H2,(H,19,20). The van der Waals surface area contributed by atoms with Crippen molar-refractivity contribution in [2.75, 3.05) is 11.4 Å². The molecule has 1 saturated heterocycles. The predicted molar refractivity (Wildman–Crippen MR) is 83.4 cm³/mol. The smallest absolute Gasteiger partial charge is 0.336 e. The minimum Gasteiger partial charge on any atom is -0.478 e. The lowest BCUT2D eigenvalue weighted by Crippen LogP contribution is -2.34. The summed E-state index contributed by atoms with van der Waals surface area (Å²) in [5.74, 6) is -0.0485. The zero-order chi connectivity index (χ0) is 14.1. The van der Waals surface area contributed by atoms with Crippen LogP contribution < -0.4 is 4.90 Å². The van der Waals surface area contributed by atoms with E-state index in [2.05, 4.69) is 20.8 Å². The predicted octanol–water partition coefficient (Wildman–Crippen LogP) is 4.31. The fourth-order valence-corrected chi connectivity index (χ4v) is 4.34. The highest BCUT2D eigenvalue weighted by Gasteiger charge is 2.33. The molecule has 1 atom stereocenters. The molecular weight excluding hydrogens is 318 g/mol. The van der Waals surface area contributed by atoms with Gasteiger partial charge in [0.15, 0.2) is 0 Å². The summed E-state index contributed by atoms with van der Waals surface area (Å²) in [6.07, 6.45) is 7.99. The summed E-state index contributed by atoms with van der Waals surface area (Å²) >= 11 is 3.39. The SMILES string of the molecule is O=C(O)c1ccc(N2CCCC2C2CCCC2)cc1Br. The van der Waals surface area contributed by atoms with Crippen LogP contribution in [0.4, 0.5) is 5.69 Å². The fourth-order valence-electron chi connectivity index (χ4n) is 3.80. The summed E-state index contributed by atoms with van der Waals surface area (Å²) in [6, 6.07) is 6.30. The Bertz CT molecular complexity index is 511. The molecule has 0 aromatic heterocycles. The van der Waals surface area contributed by atoms with Crippen molar-refractivity contribution in [2.45, 2.75) is 44.6 Å². The maximum atomic E-state index is 11.1. The minimum absolute atomic E-state index is 0.338.